The molecule has 0 radical (unpaired) electrons. The summed E-state index contributed by atoms with van der Waals surface area (Å²) in [5.41, 5.74) is -0.534. The largest absolute Gasteiger partial charge is 0.444 e. The average Bonchev–Trinajstić information content (AvgIpc) is 2.71. The fraction of sp³-hybridized carbons (Fsp3) is 0.826. The molecule has 182 valence electrons. The Labute approximate surface area is 192 Å². The van der Waals surface area contributed by atoms with Gasteiger partial charge in [-0.2, -0.15) is 0 Å². The van der Waals surface area contributed by atoms with Crippen molar-refractivity contribution >= 4 is 17.9 Å². The van der Waals surface area contributed by atoms with Gasteiger partial charge in [0, 0.05) is 50.7 Å². The van der Waals surface area contributed by atoms with E-state index in [0.29, 0.717) is 31.9 Å². The Bertz CT molecular complexity index is 674. The van der Waals surface area contributed by atoms with E-state index < -0.39 is 11.2 Å². The first-order valence-electron chi connectivity index (χ1n) is 11.3. The first kappa shape index (κ1) is 27.7. The SMILES string of the molecule is CC(C)(C)OC(=O)N1CCC(C(=N)CO)CC1.[C-]#[N+]C1CCN(C(=O)OC(C)(C)C)CC1. The van der Waals surface area contributed by atoms with Crippen LogP contribution in [0.4, 0.5) is 9.59 Å². The predicted octanol–water partition coefficient (Wildman–Crippen LogP) is 3.95. The van der Waals surface area contributed by atoms with E-state index >= 15 is 0 Å². The monoisotopic (exact) mass is 452 g/mol. The van der Waals surface area contributed by atoms with Crippen molar-refractivity contribution in [1.82, 2.24) is 9.80 Å². The lowest BCUT2D eigenvalue weighted by atomic mass is 9.92. The summed E-state index contributed by atoms with van der Waals surface area (Å²) in [6, 6.07) is 0.0867. The van der Waals surface area contributed by atoms with Gasteiger partial charge in [0.05, 0.1) is 6.61 Å². The lowest BCUT2D eigenvalue weighted by Crippen LogP contribution is -2.43. The van der Waals surface area contributed by atoms with Gasteiger partial charge < -0.3 is 34.6 Å². The van der Waals surface area contributed by atoms with Crippen LogP contribution in [0.15, 0.2) is 0 Å². The molecule has 0 spiro atoms. The summed E-state index contributed by atoms with van der Waals surface area (Å²) in [6.45, 7) is 20.3. The van der Waals surface area contributed by atoms with Crippen LogP contribution in [0.5, 0.6) is 0 Å². The van der Waals surface area contributed by atoms with Crippen LogP contribution in [-0.2, 0) is 9.47 Å². The molecule has 0 bridgehead atoms. The van der Waals surface area contributed by atoms with Gasteiger partial charge in [0.1, 0.15) is 11.2 Å². The normalized spacial score (nSPS) is 18.2. The second-order valence-corrected chi connectivity index (χ2v) is 10.3. The number of piperidine rings is 2. The van der Waals surface area contributed by atoms with Crippen LogP contribution in [0.1, 0.15) is 67.2 Å². The molecule has 2 fully saturated rings. The van der Waals surface area contributed by atoms with Gasteiger partial charge in [-0.1, -0.05) is 0 Å². The summed E-state index contributed by atoms with van der Waals surface area (Å²) in [7, 11) is 0. The minimum absolute atomic E-state index is 0.0867. The highest BCUT2D eigenvalue weighted by molar-refractivity contribution is 5.85. The lowest BCUT2D eigenvalue weighted by Gasteiger charge is -2.33. The van der Waals surface area contributed by atoms with Crippen LogP contribution in [0.2, 0.25) is 0 Å². The van der Waals surface area contributed by atoms with Crippen LogP contribution >= 0.6 is 0 Å². The third kappa shape index (κ3) is 10.3. The Balaban J connectivity index is 0.000000323. The molecule has 0 atom stereocenters. The van der Waals surface area contributed by atoms with Crippen molar-refractivity contribution in [2.45, 2.75) is 84.5 Å². The summed E-state index contributed by atoms with van der Waals surface area (Å²) in [6.07, 6.45) is 2.46. The third-order valence-electron chi connectivity index (χ3n) is 5.11. The second kappa shape index (κ2) is 12.0. The topological polar surface area (TPSA) is 108 Å². The number of nitrogens with one attached hydrogen (secondary N) is 1. The molecule has 2 saturated heterocycles. The summed E-state index contributed by atoms with van der Waals surface area (Å²) in [5.74, 6) is 0.110. The van der Waals surface area contributed by atoms with Crippen LogP contribution in [0.3, 0.4) is 0 Å². The molecule has 0 aromatic carbocycles. The first-order chi connectivity index (χ1) is 14.8. The molecule has 2 aliphatic heterocycles. The number of carbonyl (C=O) groups is 2. The Hall–Kier alpha value is -2.34. The van der Waals surface area contributed by atoms with Gasteiger partial charge >= 0.3 is 12.2 Å². The number of nitrogens with zero attached hydrogens (tertiary/aromatic N) is 3. The zero-order valence-electron chi connectivity index (χ0n) is 20.4. The van der Waals surface area contributed by atoms with Crippen molar-refractivity contribution in [2.75, 3.05) is 32.8 Å². The maximum Gasteiger partial charge on any atom is 0.410 e. The molecular weight excluding hydrogens is 412 g/mol. The van der Waals surface area contributed by atoms with E-state index in [4.69, 9.17) is 26.6 Å². The molecule has 0 saturated carbocycles. The number of ether oxygens (including phenoxy) is 2. The fourth-order valence-corrected chi connectivity index (χ4v) is 3.37. The smallest absolute Gasteiger partial charge is 0.410 e. The molecule has 2 amide bonds. The van der Waals surface area contributed by atoms with E-state index in [1.54, 1.807) is 9.80 Å². The molecule has 0 aliphatic carbocycles. The second-order valence-electron chi connectivity index (χ2n) is 10.3. The molecule has 2 N–H and O–H groups in total. The Morgan fingerprint density at radius 1 is 0.906 bits per heavy atom. The molecule has 9 nitrogen and oxygen atoms in total. The van der Waals surface area contributed by atoms with E-state index in [9.17, 15) is 9.59 Å². The van der Waals surface area contributed by atoms with E-state index in [1.165, 1.54) is 0 Å². The first-order valence-corrected chi connectivity index (χ1v) is 11.3. The van der Waals surface area contributed by atoms with Crippen molar-refractivity contribution in [2.24, 2.45) is 5.92 Å². The van der Waals surface area contributed by atoms with E-state index in [-0.39, 0.29) is 30.8 Å². The number of aliphatic hydroxyl groups is 1. The number of hydrogen-bond donors (Lipinski definition) is 2. The fourth-order valence-electron chi connectivity index (χ4n) is 3.37. The number of aliphatic hydroxyl groups excluding tert-OH is 1. The number of carbonyl (C=O) groups excluding carboxylic acids is 2. The summed E-state index contributed by atoms with van der Waals surface area (Å²) in [4.78, 5) is 30.2. The van der Waals surface area contributed by atoms with Crippen LogP contribution in [0, 0.1) is 17.9 Å². The number of rotatable bonds is 2. The van der Waals surface area contributed by atoms with Gasteiger partial charge in [-0.3, -0.25) is 0 Å². The van der Waals surface area contributed by atoms with Gasteiger partial charge in [0.25, 0.3) is 0 Å². The van der Waals surface area contributed by atoms with E-state index in [0.717, 1.165) is 25.7 Å². The molecular formula is C23H40N4O5. The molecule has 0 aromatic heterocycles. The average molecular weight is 453 g/mol. The van der Waals surface area contributed by atoms with Gasteiger partial charge in [-0.25, -0.2) is 16.2 Å². The van der Waals surface area contributed by atoms with Crippen molar-refractivity contribution in [3.63, 3.8) is 0 Å². The van der Waals surface area contributed by atoms with Crippen molar-refractivity contribution in [1.29, 1.82) is 5.41 Å². The van der Waals surface area contributed by atoms with Crippen molar-refractivity contribution < 1.29 is 24.2 Å². The van der Waals surface area contributed by atoms with Gasteiger partial charge in [0.15, 0.2) is 0 Å². The molecule has 0 unspecified atom stereocenters. The highest BCUT2D eigenvalue weighted by atomic mass is 16.6. The number of amides is 2. The highest BCUT2D eigenvalue weighted by Crippen LogP contribution is 2.20. The predicted molar refractivity (Wildman–Crippen MR) is 123 cm³/mol. The quantitative estimate of drug-likeness (QED) is 0.487. The lowest BCUT2D eigenvalue weighted by molar-refractivity contribution is 0.0194. The summed E-state index contributed by atoms with van der Waals surface area (Å²) < 4.78 is 10.5. The minimum atomic E-state index is -0.467. The third-order valence-corrected chi connectivity index (χ3v) is 5.11. The van der Waals surface area contributed by atoms with Crippen LogP contribution < -0.4 is 0 Å². The maximum atomic E-state index is 11.8. The van der Waals surface area contributed by atoms with Gasteiger partial charge in [-0.05, 0) is 54.4 Å². The van der Waals surface area contributed by atoms with E-state index in [1.807, 2.05) is 41.5 Å². The number of hydrogen-bond acceptors (Lipinski definition) is 6. The molecule has 2 heterocycles. The molecule has 32 heavy (non-hydrogen) atoms. The Kier molecular flexibility index (Phi) is 10.4. The summed E-state index contributed by atoms with van der Waals surface area (Å²) in [5, 5.41) is 16.4. The molecule has 9 heteroatoms. The van der Waals surface area contributed by atoms with Gasteiger partial charge in [0.2, 0.25) is 6.04 Å². The zero-order chi connectivity index (χ0) is 24.5. The van der Waals surface area contributed by atoms with Crippen molar-refractivity contribution in [3.8, 4) is 0 Å². The Morgan fingerprint density at radius 3 is 1.59 bits per heavy atom. The summed E-state index contributed by atoms with van der Waals surface area (Å²) >= 11 is 0. The number of likely N-dealkylation sites (tertiary alicyclic amines) is 2. The molecule has 2 rings (SSSR count). The van der Waals surface area contributed by atoms with Crippen LogP contribution in [0.25, 0.3) is 4.85 Å². The zero-order valence-corrected chi connectivity index (χ0v) is 20.4. The molecule has 2 aliphatic rings. The maximum absolute atomic E-state index is 11.8. The highest BCUT2D eigenvalue weighted by Gasteiger charge is 2.29. The van der Waals surface area contributed by atoms with Crippen LogP contribution in [-0.4, -0.2) is 82.8 Å². The standard InChI is InChI=1S/C12H22N2O3.C11H18N2O2/c1-12(2,3)17-11(16)14-6-4-9(5-7-14)10(13)8-15;1-11(2,3)15-10(14)13-7-5-9(12-4)6-8-13/h9,13,15H,4-8H2,1-3H3;9H,5-8H2,1-3H3. The Morgan fingerprint density at radius 2 is 1.28 bits per heavy atom. The van der Waals surface area contributed by atoms with Gasteiger partial charge in [-0.15, -0.1) is 0 Å². The molecule has 0 aromatic rings. The van der Waals surface area contributed by atoms with Crippen molar-refractivity contribution in [3.05, 3.63) is 11.4 Å². The minimum Gasteiger partial charge on any atom is -0.444 e. The van der Waals surface area contributed by atoms with E-state index in [2.05, 4.69) is 4.85 Å².